The van der Waals surface area contributed by atoms with E-state index >= 15 is 0 Å². The van der Waals surface area contributed by atoms with Crippen molar-refractivity contribution in [1.82, 2.24) is 4.57 Å². The molecule has 0 radical (unpaired) electrons. The molecule has 0 spiro atoms. The van der Waals surface area contributed by atoms with E-state index < -0.39 is 10.8 Å². The molecule has 0 saturated heterocycles. The van der Waals surface area contributed by atoms with Crippen molar-refractivity contribution < 1.29 is 9.72 Å². The number of rotatable bonds is 4. The van der Waals surface area contributed by atoms with Gasteiger partial charge in [-0.2, -0.15) is 0 Å². The largest absolute Gasteiger partial charge is 0.341 e. The number of nitro groups is 1. The fraction of sp³-hybridized carbons (Fsp3) is 0.0952. The molecule has 6 nitrogen and oxygen atoms in total. The summed E-state index contributed by atoms with van der Waals surface area (Å²) >= 11 is 5.82. The van der Waals surface area contributed by atoms with Crippen molar-refractivity contribution >= 4 is 50.7 Å². The van der Waals surface area contributed by atoms with Crippen LogP contribution in [0.3, 0.4) is 0 Å². The fourth-order valence-corrected chi connectivity index (χ4v) is 3.68. The molecule has 0 saturated carbocycles. The van der Waals surface area contributed by atoms with E-state index in [1.54, 1.807) is 6.07 Å². The Bertz CT molecular complexity index is 1250. The van der Waals surface area contributed by atoms with Crippen LogP contribution in [0.4, 0.5) is 11.4 Å². The van der Waals surface area contributed by atoms with Gasteiger partial charge in [-0.1, -0.05) is 29.8 Å². The number of benzene rings is 3. The molecule has 140 valence electrons. The molecular formula is C21H16ClN3O3. The Hall–Kier alpha value is -3.38. The molecule has 3 aromatic carbocycles. The van der Waals surface area contributed by atoms with Gasteiger partial charge in [-0.05, 0) is 43.3 Å². The lowest BCUT2D eigenvalue weighted by Crippen LogP contribution is -2.13. The Morgan fingerprint density at radius 1 is 1.07 bits per heavy atom. The smallest absolute Gasteiger partial charge is 0.283 e. The topological polar surface area (TPSA) is 77.2 Å². The van der Waals surface area contributed by atoms with E-state index in [0.29, 0.717) is 5.69 Å². The predicted molar refractivity (Wildman–Crippen MR) is 111 cm³/mol. The SMILES string of the molecule is CCn1c2ccccc2c2cc(NC(=O)c3ccc(Cl)cc3[N+](=O)[O-])ccc21. The number of carbonyl (C=O) groups excluding carboxylic acids is 1. The van der Waals surface area contributed by atoms with Crippen LogP contribution in [0.1, 0.15) is 17.3 Å². The molecule has 1 heterocycles. The summed E-state index contributed by atoms with van der Waals surface area (Å²) in [5.41, 5.74) is 2.40. The summed E-state index contributed by atoms with van der Waals surface area (Å²) in [4.78, 5) is 23.3. The molecule has 4 rings (SSSR count). The van der Waals surface area contributed by atoms with E-state index in [0.717, 1.165) is 28.4 Å². The van der Waals surface area contributed by atoms with Crippen molar-refractivity contribution in [3.63, 3.8) is 0 Å². The number of aromatic nitrogens is 1. The molecule has 4 aromatic rings. The zero-order valence-corrected chi connectivity index (χ0v) is 15.7. The predicted octanol–water partition coefficient (Wildman–Crippen LogP) is 5.63. The van der Waals surface area contributed by atoms with Crippen molar-refractivity contribution in [3.05, 3.63) is 81.4 Å². The maximum atomic E-state index is 12.6. The van der Waals surface area contributed by atoms with Gasteiger partial charge >= 0.3 is 0 Å². The molecule has 1 aromatic heterocycles. The Labute approximate surface area is 165 Å². The van der Waals surface area contributed by atoms with Crippen molar-refractivity contribution in [3.8, 4) is 0 Å². The molecule has 0 unspecified atom stereocenters. The van der Waals surface area contributed by atoms with Crippen LogP contribution in [0.25, 0.3) is 21.8 Å². The van der Waals surface area contributed by atoms with Crippen molar-refractivity contribution in [2.75, 3.05) is 5.32 Å². The highest BCUT2D eigenvalue weighted by molar-refractivity contribution is 6.31. The molecule has 7 heteroatoms. The van der Waals surface area contributed by atoms with Crippen molar-refractivity contribution in [2.24, 2.45) is 0 Å². The standard InChI is InChI=1S/C21H16ClN3O3/c1-2-24-18-6-4-3-5-15(18)17-12-14(8-10-19(17)24)23-21(26)16-9-7-13(22)11-20(16)25(27)28/h3-12H,2H2,1H3,(H,23,26). The summed E-state index contributed by atoms with van der Waals surface area (Å²) in [5, 5.41) is 16.3. The zero-order chi connectivity index (χ0) is 19.8. The average Bonchev–Trinajstić information content (AvgIpc) is 3.01. The first-order chi connectivity index (χ1) is 13.5. The van der Waals surface area contributed by atoms with Crippen LogP contribution in [0.5, 0.6) is 0 Å². The number of nitrogens with one attached hydrogen (secondary N) is 1. The van der Waals surface area contributed by atoms with Gasteiger partial charge in [-0.25, -0.2) is 0 Å². The first-order valence-corrected chi connectivity index (χ1v) is 9.13. The monoisotopic (exact) mass is 393 g/mol. The van der Waals surface area contributed by atoms with E-state index in [9.17, 15) is 14.9 Å². The lowest BCUT2D eigenvalue weighted by Gasteiger charge is -2.07. The Balaban J connectivity index is 1.76. The normalized spacial score (nSPS) is 11.1. The van der Waals surface area contributed by atoms with Gasteiger partial charge in [0.1, 0.15) is 5.56 Å². The highest BCUT2D eigenvalue weighted by atomic mass is 35.5. The Kier molecular flexibility index (Phi) is 4.49. The molecule has 0 atom stereocenters. The second-order valence-electron chi connectivity index (χ2n) is 6.37. The van der Waals surface area contributed by atoms with Gasteiger partial charge in [-0.3, -0.25) is 14.9 Å². The van der Waals surface area contributed by atoms with Gasteiger partial charge in [0.05, 0.1) is 4.92 Å². The van der Waals surface area contributed by atoms with Gasteiger partial charge in [0.15, 0.2) is 0 Å². The van der Waals surface area contributed by atoms with Crippen LogP contribution < -0.4 is 5.32 Å². The maximum absolute atomic E-state index is 12.6. The van der Waals surface area contributed by atoms with E-state index in [2.05, 4.69) is 22.9 Å². The summed E-state index contributed by atoms with van der Waals surface area (Å²) in [7, 11) is 0. The highest BCUT2D eigenvalue weighted by Gasteiger charge is 2.21. The molecular weight excluding hydrogens is 378 g/mol. The third kappa shape index (κ3) is 2.97. The summed E-state index contributed by atoms with van der Waals surface area (Å²) in [6.45, 7) is 2.91. The van der Waals surface area contributed by atoms with Crippen LogP contribution in [0.15, 0.2) is 60.7 Å². The molecule has 1 amide bonds. The second-order valence-corrected chi connectivity index (χ2v) is 6.80. The van der Waals surface area contributed by atoms with Crippen LogP contribution >= 0.6 is 11.6 Å². The second kappa shape index (κ2) is 6.98. The maximum Gasteiger partial charge on any atom is 0.283 e. The molecule has 0 aliphatic rings. The minimum Gasteiger partial charge on any atom is -0.341 e. The van der Waals surface area contributed by atoms with Gasteiger partial charge in [0.2, 0.25) is 0 Å². The number of fused-ring (bicyclic) bond motifs is 3. The zero-order valence-electron chi connectivity index (χ0n) is 15.0. The van der Waals surface area contributed by atoms with E-state index in [-0.39, 0.29) is 16.3 Å². The first kappa shape index (κ1) is 18.0. The number of hydrogen-bond acceptors (Lipinski definition) is 3. The number of para-hydroxylation sites is 1. The number of anilines is 1. The van der Waals surface area contributed by atoms with E-state index in [4.69, 9.17) is 11.6 Å². The quantitative estimate of drug-likeness (QED) is 0.360. The van der Waals surface area contributed by atoms with E-state index in [1.165, 1.54) is 18.2 Å². The molecule has 0 bridgehead atoms. The third-order valence-corrected chi connectivity index (χ3v) is 4.98. The van der Waals surface area contributed by atoms with Gasteiger partial charge in [0.25, 0.3) is 11.6 Å². The van der Waals surface area contributed by atoms with Gasteiger partial charge in [-0.15, -0.1) is 0 Å². The first-order valence-electron chi connectivity index (χ1n) is 8.76. The minimum absolute atomic E-state index is 0.0366. The number of carbonyl (C=O) groups is 1. The highest BCUT2D eigenvalue weighted by Crippen LogP contribution is 2.31. The van der Waals surface area contributed by atoms with Crippen LogP contribution in [0, 0.1) is 10.1 Å². The molecule has 28 heavy (non-hydrogen) atoms. The van der Waals surface area contributed by atoms with Crippen molar-refractivity contribution in [2.45, 2.75) is 13.5 Å². The number of nitrogens with zero attached hydrogens (tertiary/aromatic N) is 2. The van der Waals surface area contributed by atoms with Crippen molar-refractivity contribution in [1.29, 1.82) is 0 Å². The summed E-state index contributed by atoms with van der Waals surface area (Å²) in [6.07, 6.45) is 0. The van der Waals surface area contributed by atoms with Crippen LogP contribution in [-0.2, 0) is 6.54 Å². The number of aryl methyl sites for hydroxylation is 1. The molecule has 1 N–H and O–H groups in total. The Morgan fingerprint density at radius 3 is 2.57 bits per heavy atom. The van der Waals surface area contributed by atoms with Gasteiger partial charge < -0.3 is 9.88 Å². The fourth-order valence-electron chi connectivity index (χ4n) is 3.52. The number of amides is 1. The average molecular weight is 394 g/mol. The summed E-state index contributed by atoms with van der Waals surface area (Å²) < 4.78 is 2.21. The third-order valence-electron chi connectivity index (χ3n) is 4.75. The Morgan fingerprint density at radius 2 is 1.82 bits per heavy atom. The van der Waals surface area contributed by atoms with Crippen LogP contribution in [-0.4, -0.2) is 15.4 Å². The minimum atomic E-state index is -0.612. The number of halogens is 1. The van der Waals surface area contributed by atoms with E-state index in [1.807, 2.05) is 30.3 Å². The summed E-state index contributed by atoms with van der Waals surface area (Å²) in [6, 6.07) is 17.7. The van der Waals surface area contributed by atoms with Crippen LogP contribution in [0.2, 0.25) is 5.02 Å². The lowest BCUT2D eigenvalue weighted by molar-refractivity contribution is -0.385. The number of nitro benzene ring substituents is 1. The molecule has 0 fully saturated rings. The molecule has 0 aliphatic heterocycles. The number of hydrogen-bond donors (Lipinski definition) is 1. The summed E-state index contributed by atoms with van der Waals surface area (Å²) in [5.74, 6) is -0.554. The van der Waals surface area contributed by atoms with Gasteiger partial charge in [0, 0.05) is 45.1 Å². The lowest BCUT2D eigenvalue weighted by atomic mass is 10.1. The molecule has 0 aliphatic carbocycles.